The summed E-state index contributed by atoms with van der Waals surface area (Å²) in [5.41, 5.74) is 2.69. The van der Waals surface area contributed by atoms with Gasteiger partial charge in [-0.05, 0) is 39.7 Å². The molecule has 1 aliphatic heterocycles. The first-order valence-corrected chi connectivity index (χ1v) is 9.84. The highest BCUT2D eigenvalue weighted by atomic mass is 16.5. The second kappa shape index (κ2) is 7.22. The van der Waals surface area contributed by atoms with E-state index in [-0.39, 0.29) is 12.1 Å². The highest BCUT2D eigenvalue weighted by molar-refractivity contribution is 6.06. The highest BCUT2D eigenvalue weighted by Gasteiger charge is 2.34. The predicted molar refractivity (Wildman–Crippen MR) is 117 cm³/mol. The molecule has 0 fully saturated rings. The van der Waals surface area contributed by atoms with E-state index >= 15 is 0 Å². The summed E-state index contributed by atoms with van der Waals surface area (Å²) >= 11 is 0. The molecule has 0 saturated heterocycles. The van der Waals surface area contributed by atoms with Crippen LogP contribution in [0.4, 0.5) is 5.69 Å². The Kier molecular flexibility index (Phi) is 4.41. The number of anilines is 1. The summed E-state index contributed by atoms with van der Waals surface area (Å²) < 4.78 is 5.32. The molecule has 144 valence electrons. The van der Waals surface area contributed by atoms with Crippen LogP contribution in [0.15, 0.2) is 78.9 Å². The van der Waals surface area contributed by atoms with Gasteiger partial charge >= 0.3 is 0 Å². The Labute approximate surface area is 169 Å². The van der Waals surface area contributed by atoms with Gasteiger partial charge in [0.25, 0.3) is 5.91 Å². The molecule has 1 unspecified atom stereocenters. The Morgan fingerprint density at radius 3 is 2.21 bits per heavy atom. The first-order chi connectivity index (χ1) is 14.3. The molecule has 5 rings (SSSR count). The summed E-state index contributed by atoms with van der Waals surface area (Å²) in [6, 6.07) is 26.7. The molecule has 0 spiro atoms. The number of carbonyl (C=O) groups excluding carboxylic acids is 1. The monoisotopic (exact) mass is 382 g/mol. The fraction of sp³-hybridized carbons (Fsp3) is 0.160. The van der Waals surface area contributed by atoms with E-state index in [1.165, 1.54) is 10.8 Å². The number of nitrogens with one attached hydrogen (secondary N) is 1. The third-order valence-electron chi connectivity index (χ3n) is 5.64. The number of hydrogen-bond donors (Lipinski definition) is 1. The van der Waals surface area contributed by atoms with Crippen LogP contribution < -0.4 is 5.32 Å². The van der Waals surface area contributed by atoms with Crippen molar-refractivity contribution in [1.29, 1.82) is 0 Å². The Balaban J connectivity index is 1.78. The average molecular weight is 382 g/mol. The van der Waals surface area contributed by atoms with Gasteiger partial charge in [0, 0.05) is 24.9 Å². The number of para-hydroxylation sites is 1. The van der Waals surface area contributed by atoms with Crippen molar-refractivity contribution in [2.24, 2.45) is 0 Å². The lowest BCUT2D eigenvalue weighted by Gasteiger charge is -2.39. The Hall–Kier alpha value is -3.37. The molecule has 4 aromatic rings. The molecule has 1 atom stereocenters. The number of hydrogen-bond acceptors (Lipinski definition) is 3. The number of fused-ring (bicyclic) bond motifs is 3. The number of benzene rings is 4. The van der Waals surface area contributed by atoms with E-state index in [1.54, 1.807) is 7.11 Å². The fourth-order valence-corrected chi connectivity index (χ4v) is 4.28. The van der Waals surface area contributed by atoms with Crippen LogP contribution in [0.1, 0.15) is 22.1 Å². The summed E-state index contributed by atoms with van der Waals surface area (Å²) in [6.07, 6.45) is -0.274. The summed E-state index contributed by atoms with van der Waals surface area (Å²) in [6.45, 7) is 0.994. The van der Waals surface area contributed by atoms with Gasteiger partial charge in [-0.15, -0.1) is 0 Å². The van der Waals surface area contributed by atoms with Crippen LogP contribution >= 0.6 is 0 Å². The Bertz CT molecular complexity index is 1160. The van der Waals surface area contributed by atoms with E-state index < -0.39 is 0 Å². The first-order valence-electron chi connectivity index (χ1n) is 9.84. The molecule has 4 nitrogen and oxygen atoms in total. The largest absolute Gasteiger partial charge is 0.383 e. The van der Waals surface area contributed by atoms with Crippen molar-refractivity contribution in [1.82, 2.24) is 4.90 Å². The second-order valence-electron chi connectivity index (χ2n) is 7.32. The van der Waals surface area contributed by atoms with Crippen LogP contribution in [0.2, 0.25) is 0 Å². The summed E-state index contributed by atoms with van der Waals surface area (Å²) in [7, 11) is 1.66. The minimum Gasteiger partial charge on any atom is -0.383 e. The molecule has 0 aliphatic carbocycles. The van der Waals surface area contributed by atoms with Crippen molar-refractivity contribution in [2.45, 2.75) is 6.17 Å². The van der Waals surface area contributed by atoms with Crippen LogP contribution in [0.3, 0.4) is 0 Å². The lowest BCUT2D eigenvalue weighted by Crippen LogP contribution is -2.44. The van der Waals surface area contributed by atoms with Crippen LogP contribution in [0.5, 0.6) is 0 Å². The summed E-state index contributed by atoms with van der Waals surface area (Å²) in [5.74, 6) is 0.0263. The van der Waals surface area contributed by atoms with Gasteiger partial charge in [0.1, 0.15) is 6.17 Å². The van der Waals surface area contributed by atoms with Crippen molar-refractivity contribution in [3.05, 3.63) is 90.0 Å². The van der Waals surface area contributed by atoms with E-state index in [1.807, 2.05) is 29.2 Å². The molecular weight excluding hydrogens is 360 g/mol. The molecule has 1 heterocycles. The van der Waals surface area contributed by atoms with Gasteiger partial charge in [0.05, 0.1) is 12.2 Å². The van der Waals surface area contributed by atoms with Crippen molar-refractivity contribution in [2.75, 3.05) is 25.6 Å². The quantitative estimate of drug-likeness (QED) is 0.493. The Morgan fingerprint density at radius 2 is 1.52 bits per heavy atom. The molecule has 0 bridgehead atoms. The molecular formula is C25H22N2O2. The predicted octanol–water partition coefficient (Wildman–Crippen LogP) is 5.21. The van der Waals surface area contributed by atoms with E-state index in [9.17, 15) is 4.79 Å². The minimum absolute atomic E-state index is 0.0263. The molecule has 0 saturated carbocycles. The summed E-state index contributed by atoms with van der Waals surface area (Å²) in [5, 5.41) is 8.27. The first kappa shape index (κ1) is 17.7. The van der Waals surface area contributed by atoms with Crippen molar-refractivity contribution >= 4 is 33.1 Å². The van der Waals surface area contributed by atoms with E-state index in [2.05, 4.69) is 59.9 Å². The number of methoxy groups -OCH3 is 1. The van der Waals surface area contributed by atoms with Gasteiger partial charge in [0.2, 0.25) is 0 Å². The molecule has 29 heavy (non-hydrogen) atoms. The maximum Gasteiger partial charge on any atom is 0.257 e. The van der Waals surface area contributed by atoms with Crippen molar-refractivity contribution in [3.63, 3.8) is 0 Å². The molecule has 0 aromatic heterocycles. The smallest absolute Gasteiger partial charge is 0.257 e. The zero-order valence-corrected chi connectivity index (χ0v) is 16.3. The van der Waals surface area contributed by atoms with E-state index in [4.69, 9.17) is 4.74 Å². The maximum absolute atomic E-state index is 13.4. The van der Waals surface area contributed by atoms with Gasteiger partial charge < -0.3 is 15.0 Å². The zero-order valence-electron chi connectivity index (χ0n) is 16.3. The normalized spacial score (nSPS) is 16.1. The van der Waals surface area contributed by atoms with Gasteiger partial charge in [-0.25, -0.2) is 0 Å². The van der Waals surface area contributed by atoms with Crippen LogP contribution in [-0.4, -0.2) is 31.1 Å². The van der Waals surface area contributed by atoms with Crippen molar-refractivity contribution < 1.29 is 9.53 Å². The zero-order chi connectivity index (χ0) is 19.8. The third kappa shape index (κ3) is 2.93. The third-order valence-corrected chi connectivity index (χ3v) is 5.64. The van der Waals surface area contributed by atoms with E-state index in [0.29, 0.717) is 18.7 Å². The van der Waals surface area contributed by atoms with Gasteiger partial charge in [-0.3, -0.25) is 4.79 Å². The maximum atomic E-state index is 13.4. The van der Waals surface area contributed by atoms with Crippen LogP contribution in [0.25, 0.3) is 21.5 Å². The summed E-state index contributed by atoms with van der Waals surface area (Å²) in [4.78, 5) is 15.3. The lowest BCUT2D eigenvalue weighted by atomic mass is 9.92. The average Bonchev–Trinajstić information content (AvgIpc) is 2.77. The van der Waals surface area contributed by atoms with Crippen LogP contribution in [0, 0.1) is 0 Å². The molecule has 4 heteroatoms. The number of amides is 1. The standard InChI is InChI=1S/C25H22N2O2/c1-29-15-14-27-24(26-22-13-7-6-12-21(22)25(27)28)23-19-10-4-2-8-17(19)16-18-9-3-5-11-20(18)23/h2-13,16,24,26H,14-15H2,1H3. The molecule has 0 radical (unpaired) electrons. The number of nitrogens with zero attached hydrogens (tertiary/aromatic N) is 1. The Morgan fingerprint density at radius 1 is 0.897 bits per heavy atom. The highest BCUT2D eigenvalue weighted by Crippen LogP contribution is 2.39. The molecule has 4 aromatic carbocycles. The topological polar surface area (TPSA) is 41.6 Å². The lowest BCUT2D eigenvalue weighted by molar-refractivity contribution is 0.0612. The van der Waals surface area contributed by atoms with Crippen molar-refractivity contribution in [3.8, 4) is 0 Å². The number of ether oxygens (including phenoxy) is 1. The number of rotatable bonds is 4. The van der Waals surface area contributed by atoms with Crippen LogP contribution in [-0.2, 0) is 4.74 Å². The van der Waals surface area contributed by atoms with E-state index in [0.717, 1.165) is 22.0 Å². The SMILES string of the molecule is COCCN1C(=O)c2ccccc2NC1c1c2ccccc2cc2ccccc12. The molecule has 1 amide bonds. The number of carbonyl (C=O) groups is 1. The minimum atomic E-state index is -0.274. The van der Waals surface area contributed by atoms with Gasteiger partial charge in [-0.1, -0.05) is 60.7 Å². The fourth-order valence-electron chi connectivity index (χ4n) is 4.28. The van der Waals surface area contributed by atoms with Gasteiger partial charge in [0.15, 0.2) is 0 Å². The molecule has 1 N–H and O–H groups in total. The van der Waals surface area contributed by atoms with Gasteiger partial charge in [-0.2, -0.15) is 0 Å². The molecule has 1 aliphatic rings. The second-order valence-corrected chi connectivity index (χ2v) is 7.32.